The Morgan fingerprint density at radius 2 is 1.83 bits per heavy atom. The van der Waals surface area contributed by atoms with Crippen LogP contribution in [0.3, 0.4) is 0 Å². The second-order valence-corrected chi connectivity index (χ2v) is 4.99. The lowest BCUT2D eigenvalue weighted by Crippen LogP contribution is -2.52. The molecule has 6 heteroatoms. The van der Waals surface area contributed by atoms with Crippen molar-refractivity contribution in [3.63, 3.8) is 0 Å². The molecule has 1 rings (SSSR count). The fourth-order valence-corrected chi connectivity index (χ4v) is 1.69. The largest absolute Gasteiger partial charge is 0.354 e. The third-order valence-electron chi connectivity index (χ3n) is 2.95. The lowest BCUT2D eigenvalue weighted by molar-refractivity contribution is -0.126. The Hall–Kier alpha value is -0.810. The number of amides is 2. The molecule has 5 nitrogen and oxygen atoms in total. The van der Waals surface area contributed by atoms with E-state index in [1.54, 1.807) is 6.92 Å². The standard InChI is InChI=1S/C12H23N3O2.ClH/c1-3-6-12(2,13)11(17)15-8-7-14-10(16)9-4-5-9;/h9H,3-8,13H2,1-2H3,(H,14,16)(H,15,17);1H. The van der Waals surface area contributed by atoms with E-state index in [4.69, 9.17) is 5.73 Å². The molecule has 2 amide bonds. The molecule has 0 radical (unpaired) electrons. The van der Waals surface area contributed by atoms with Crippen LogP contribution in [0.5, 0.6) is 0 Å². The summed E-state index contributed by atoms with van der Waals surface area (Å²) in [5.74, 6) is 0.161. The SMILES string of the molecule is CCCC(C)(N)C(=O)NCCNC(=O)C1CC1.Cl. The van der Waals surface area contributed by atoms with Crippen LogP contribution in [0.2, 0.25) is 0 Å². The Morgan fingerprint density at radius 3 is 2.33 bits per heavy atom. The number of hydrogen-bond donors (Lipinski definition) is 3. The Labute approximate surface area is 115 Å². The van der Waals surface area contributed by atoms with Crippen molar-refractivity contribution in [2.75, 3.05) is 13.1 Å². The van der Waals surface area contributed by atoms with Crippen LogP contribution in [0.1, 0.15) is 39.5 Å². The van der Waals surface area contributed by atoms with Gasteiger partial charge in [-0.1, -0.05) is 13.3 Å². The molecule has 0 spiro atoms. The molecule has 1 fully saturated rings. The van der Waals surface area contributed by atoms with Gasteiger partial charge in [0.05, 0.1) is 5.54 Å². The monoisotopic (exact) mass is 277 g/mol. The molecule has 1 unspecified atom stereocenters. The summed E-state index contributed by atoms with van der Waals surface area (Å²) < 4.78 is 0. The molecule has 1 aliphatic carbocycles. The minimum atomic E-state index is -0.810. The first-order valence-electron chi connectivity index (χ1n) is 6.32. The fraction of sp³-hybridized carbons (Fsp3) is 0.833. The van der Waals surface area contributed by atoms with Crippen molar-refractivity contribution in [1.29, 1.82) is 0 Å². The van der Waals surface area contributed by atoms with Gasteiger partial charge in [0, 0.05) is 19.0 Å². The quantitative estimate of drug-likeness (QED) is 0.595. The van der Waals surface area contributed by atoms with E-state index in [0.717, 1.165) is 19.3 Å². The van der Waals surface area contributed by atoms with Crippen LogP contribution in [0.15, 0.2) is 0 Å². The molecule has 1 atom stereocenters. The van der Waals surface area contributed by atoms with Crippen LogP contribution in [0.4, 0.5) is 0 Å². The summed E-state index contributed by atoms with van der Waals surface area (Å²) in [7, 11) is 0. The van der Waals surface area contributed by atoms with E-state index in [9.17, 15) is 9.59 Å². The molecule has 0 aromatic carbocycles. The number of halogens is 1. The molecule has 18 heavy (non-hydrogen) atoms. The Kier molecular flexibility index (Phi) is 7.25. The third-order valence-corrected chi connectivity index (χ3v) is 2.95. The van der Waals surface area contributed by atoms with Crippen molar-refractivity contribution < 1.29 is 9.59 Å². The number of hydrogen-bond acceptors (Lipinski definition) is 3. The van der Waals surface area contributed by atoms with Gasteiger partial charge >= 0.3 is 0 Å². The van der Waals surface area contributed by atoms with E-state index in [1.807, 2.05) is 6.92 Å². The van der Waals surface area contributed by atoms with Gasteiger partial charge in [0.25, 0.3) is 0 Å². The maximum absolute atomic E-state index is 11.7. The van der Waals surface area contributed by atoms with Crippen LogP contribution in [-0.4, -0.2) is 30.4 Å². The highest BCUT2D eigenvalue weighted by atomic mass is 35.5. The summed E-state index contributed by atoms with van der Waals surface area (Å²) in [5, 5.41) is 5.53. The molecule has 1 aliphatic rings. The van der Waals surface area contributed by atoms with Crippen LogP contribution in [0.25, 0.3) is 0 Å². The zero-order valence-corrected chi connectivity index (χ0v) is 11.9. The Morgan fingerprint density at radius 1 is 1.28 bits per heavy atom. The zero-order valence-electron chi connectivity index (χ0n) is 11.1. The Balaban J connectivity index is 0.00000289. The molecule has 0 saturated heterocycles. The number of carbonyl (C=O) groups excluding carboxylic acids is 2. The van der Waals surface area contributed by atoms with Gasteiger partial charge in [0.15, 0.2) is 0 Å². The minimum absolute atomic E-state index is 0. The lowest BCUT2D eigenvalue weighted by Gasteiger charge is -2.22. The van der Waals surface area contributed by atoms with E-state index >= 15 is 0 Å². The highest BCUT2D eigenvalue weighted by molar-refractivity contribution is 5.86. The molecule has 0 heterocycles. The van der Waals surface area contributed by atoms with Crippen molar-refractivity contribution in [3.8, 4) is 0 Å². The highest BCUT2D eigenvalue weighted by Gasteiger charge is 2.29. The van der Waals surface area contributed by atoms with Crippen molar-refractivity contribution in [1.82, 2.24) is 10.6 Å². The summed E-state index contributed by atoms with van der Waals surface area (Å²) >= 11 is 0. The van der Waals surface area contributed by atoms with Gasteiger partial charge in [-0.2, -0.15) is 0 Å². The van der Waals surface area contributed by atoms with Crippen LogP contribution < -0.4 is 16.4 Å². The topological polar surface area (TPSA) is 84.2 Å². The smallest absolute Gasteiger partial charge is 0.239 e. The normalized spacial score (nSPS) is 17.3. The van der Waals surface area contributed by atoms with Crippen LogP contribution in [-0.2, 0) is 9.59 Å². The molecule has 0 aromatic heterocycles. The number of rotatable bonds is 7. The molecular weight excluding hydrogens is 254 g/mol. The van der Waals surface area contributed by atoms with E-state index in [2.05, 4.69) is 10.6 Å². The fourth-order valence-electron chi connectivity index (χ4n) is 1.69. The van der Waals surface area contributed by atoms with E-state index in [1.165, 1.54) is 0 Å². The van der Waals surface area contributed by atoms with Crippen molar-refractivity contribution in [2.24, 2.45) is 11.7 Å². The molecule has 106 valence electrons. The number of nitrogens with one attached hydrogen (secondary N) is 2. The molecule has 4 N–H and O–H groups in total. The predicted octanol–water partition coefficient (Wildman–Crippen LogP) is 0.568. The van der Waals surface area contributed by atoms with Gasteiger partial charge in [-0.3, -0.25) is 9.59 Å². The highest BCUT2D eigenvalue weighted by Crippen LogP contribution is 2.28. The van der Waals surface area contributed by atoms with Crippen molar-refractivity contribution in [2.45, 2.75) is 45.1 Å². The first kappa shape index (κ1) is 17.2. The van der Waals surface area contributed by atoms with E-state index in [0.29, 0.717) is 19.5 Å². The minimum Gasteiger partial charge on any atom is -0.354 e. The van der Waals surface area contributed by atoms with Gasteiger partial charge < -0.3 is 16.4 Å². The summed E-state index contributed by atoms with van der Waals surface area (Å²) in [6.07, 6.45) is 3.53. The predicted molar refractivity (Wildman–Crippen MR) is 73.5 cm³/mol. The second-order valence-electron chi connectivity index (χ2n) is 4.99. The van der Waals surface area contributed by atoms with Gasteiger partial charge in [-0.05, 0) is 26.2 Å². The van der Waals surface area contributed by atoms with Gasteiger partial charge in [0.2, 0.25) is 11.8 Å². The summed E-state index contributed by atoms with van der Waals surface area (Å²) in [4.78, 5) is 23.0. The summed E-state index contributed by atoms with van der Waals surface area (Å²) in [5.41, 5.74) is 5.06. The molecule has 0 aliphatic heterocycles. The first-order chi connectivity index (χ1) is 7.97. The second kappa shape index (κ2) is 7.59. The summed E-state index contributed by atoms with van der Waals surface area (Å²) in [6, 6.07) is 0. The van der Waals surface area contributed by atoms with Gasteiger partial charge in [0.1, 0.15) is 0 Å². The van der Waals surface area contributed by atoms with Crippen molar-refractivity contribution >= 4 is 24.2 Å². The molecule has 1 saturated carbocycles. The number of nitrogens with two attached hydrogens (primary N) is 1. The van der Waals surface area contributed by atoms with E-state index in [-0.39, 0.29) is 30.1 Å². The average molecular weight is 278 g/mol. The maximum Gasteiger partial charge on any atom is 0.239 e. The third kappa shape index (κ3) is 5.69. The average Bonchev–Trinajstić information content (AvgIpc) is 3.07. The zero-order chi connectivity index (χ0) is 12.9. The Bertz CT molecular complexity index is 291. The van der Waals surface area contributed by atoms with E-state index < -0.39 is 5.54 Å². The summed E-state index contributed by atoms with van der Waals surface area (Å²) in [6.45, 7) is 4.64. The lowest BCUT2D eigenvalue weighted by atomic mass is 9.97. The number of carbonyl (C=O) groups is 2. The first-order valence-corrected chi connectivity index (χ1v) is 6.32. The van der Waals surface area contributed by atoms with Gasteiger partial charge in [-0.15, -0.1) is 12.4 Å². The maximum atomic E-state index is 11.7. The molecular formula is C12H24ClN3O2. The van der Waals surface area contributed by atoms with Gasteiger partial charge in [-0.25, -0.2) is 0 Å². The van der Waals surface area contributed by atoms with Crippen molar-refractivity contribution in [3.05, 3.63) is 0 Å². The molecule has 0 bridgehead atoms. The van der Waals surface area contributed by atoms with Crippen LogP contribution in [0, 0.1) is 5.92 Å². The van der Waals surface area contributed by atoms with Crippen LogP contribution >= 0.6 is 12.4 Å². The molecule has 0 aromatic rings.